The number of hydrogen-bond acceptors (Lipinski definition) is 4. The molecule has 2 unspecified atom stereocenters. The van der Waals surface area contributed by atoms with E-state index in [1.165, 1.54) is 0 Å². The van der Waals surface area contributed by atoms with Crippen molar-refractivity contribution in [3.63, 3.8) is 0 Å². The average Bonchev–Trinajstić information content (AvgIpc) is 2.98. The molecule has 1 amide bonds. The fraction of sp³-hybridized carbons (Fsp3) is 0.692. The van der Waals surface area contributed by atoms with E-state index >= 15 is 0 Å². The number of carbonyl (C=O) groups is 1. The van der Waals surface area contributed by atoms with Crippen molar-refractivity contribution in [1.29, 1.82) is 0 Å². The maximum atomic E-state index is 11.8. The minimum atomic E-state index is -0.0145. The van der Waals surface area contributed by atoms with Crippen LogP contribution >= 0.6 is 0 Å². The first kappa shape index (κ1) is 14.0. The summed E-state index contributed by atoms with van der Waals surface area (Å²) >= 11 is 0. The topological polar surface area (TPSA) is 68.2 Å². The fourth-order valence-electron chi connectivity index (χ4n) is 2.33. The van der Waals surface area contributed by atoms with Crippen molar-refractivity contribution < 1.29 is 9.53 Å². The normalized spacial score (nSPS) is 20.4. The Balaban J connectivity index is 1.83. The van der Waals surface area contributed by atoms with E-state index in [0.717, 1.165) is 19.5 Å². The molecule has 0 saturated carbocycles. The van der Waals surface area contributed by atoms with Crippen molar-refractivity contribution in [1.82, 2.24) is 15.1 Å². The van der Waals surface area contributed by atoms with E-state index in [4.69, 9.17) is 4.74 Å². The lowest BCUT2D eigenvalue weighted by atomic mass is 10.1. The Bertz CT molecular complexity index is 413. The van der Waals surface area contributed by atoms with Crippen molar-refractivity contribution in [2.24, 2.45) is 5.92 Å². The van der Waals surface area contributed by atoms with Gasteiger partial charge in [-0.1, -0.05) is 6.92 Å². The van der Waals surface area contributed by atoms with Crippen molar-refractivity contribution in [2.45, 2.75) is 25.8 Å². The first-order valence-corrected chi connectivity index (χ1v) is 6.73. The zero-order valence-electron chi connectivity index (χ0n) is 11.6. The molecular weight excluding hydrogens is 244 g/mol. The van der Waals surface area contributed by atoms with Gasteiger partial charge in [0.2, 0.25) is 5.91 Å². The Hall–Kier alpha value is -1.40. The fourth-order valence-corrected chi connectivity index (χ4v) is 2.33. The number of anilines is 1. The SMILES string of the molecule is COCC(C)CC(=O)Nc1ccn(C2CCNC2)n1. The van der Waals surface area contributed by atoms with Crippen LogP contribution in [0.1, 0.15) is 25.8 Å². The van der Waals surface area contributed by atoms with Gasteiger partial charge in [-0.3, -0.25) is 9.48 Å². The van der Waals surface area contributed by atoms with Gasteiger partial charge in [0.15, 0.2) is 5.82 Å². The second-order valence-electron chi connectivity index (χ2n) is 5.14. The highest BCUT2D eigenvalue weighted by Crippen LogP contribution is 2.16. The number of aromatic nitrogens is 2. The highest BCUT2D eigenvalue weighted by atomic mass is 16.5. The molecule has 6 nitrogen and oxygen atoms in total. The maximum absolute atomic E-state index is 11.8. The van der Waals surface area contributed by atoms with Gasteiger partial charge >= 0.3 is 0 Å². The van der Waals surface area contributed by atoms with E-state index in [0.29, 0.717) is 24.9 Å². The first-order valence-electron chi connectivity index (χ1n) is 6.73. The average molecular weight is 266 g/mol. The van der Waals surface area contributed by atoms with Crippen LogP contribution in [0.15, 0.2) is 12.3 Å². The lowest BCUT2D eigenvalue weighted by molar-refractivity contribution is -0.117. The van der Waals surface area contributed by atoms with Gasteiger partial charge in [-0.25, -0.2) is 0 Å². The van der Waals surface area contributed by atoms with Crippen LogP contribution in [0.25, 0.3) is 0 Å². The second-order valence-corrected chi connectivity index (χ2v) is 5.14. The summed E-state index contributed by atoms with van der Waals surface area (Å²) < 4.78 is 6.94. The molecule has 0 radical (unpaired) electrons. The molecule has 1 aliphatic rings. The van der Waals surface area contributed by atoms with E-state index in [9.17, 15) is 4.79 Å². The number of amides is 1. The summed E-state index contributed by atoms with van der Waals surface area (Å²) in [4.78, 5) is 11.8. The van der Waals surface area contributed by atoms with Crippen LogP contribution in [0.2, 0.25) is 0 Å². The minimum absolute atomic E-state index is 0.0145. The number of nitrogens with zero attached hydrogens (tertiary/aromatic N) is 2. The Morgan fingerprint density at radius 3 is 3.26 bits per heavy atom. The van der Waals surface area contributed by atoms with Gasteiger partial charge in [0.25, 0.3) is 0 Å². The van der Waals surface area contributed by atoms with Crippen LogP contribution < -0.4 is 10.6 Å². The van der Waals surface area contributed by atoms with Crippen LogP contribution in [0.4, 0.5) is 5.82 Å². The van der Waals surface area contributed by atoms with E-state index in [1.54, 1.807) is 7.11 Å². The molecular formula is C13H22N4O2. The van der Waals surface area contributed by atoms with E-state index < -0.39 is 0 Å². The van der Waals surface area contributed by atoms with Crippen LogP contribution in [0.5, 0.6) is 0 Å². The predicted octanol–water partition coefficient (Wildman–Crippen LogP) is 1.03. The number of rotatable bonds is 6. The molecule has 2 heterocycles. The highest BCUT2D eigenvalue weighted by Gasteiger charge is 2.17. The first-order chi connectivity index (χ1) is 9.19. The molecule has 0 aromatic carbocycles. The molecule has 106 valence electrons. The van der Waals surface area contributed by atoms with Gasteiger partial charge in [-0.15, -0.1) is 0 Å². The Labute approximate surface area is 113 Å². The van der Waals surface area contributed by atoms with Crippen molar-refractivity contribution in [3.05, 3.63) is 12.3 Å². The van der Waals surface area contributed by atoms with Gasteiger partial charge in [-0.05, 0) is 18.9 Å². The van der Waals surface area contributed by atoms with Crippen molar-refractivity contribution in [2.75, 3.05) is 32.1 Å². The summed E-state index contributed by atoms with van der Waals surface area (Å²) in [6.07, 6.45) is 3.46. The molecule has 1 aliphatic heterocycles. The third-order valence-electron chi connectivity index (χ3n) is 3.27. The summed E-state index contributed by atoms with van der Waals surface area (Å²) in [5, 5.41) is 10.5. The standard InChI is InChI=1S/C13H22N4O2/c1-10(9-19-2)7-13(18)15-12-4-6-17(16-12)11-3-5-14-8-11/h4,6,10-11,14H,3,5,7-9H2,1-2H3,(H,15,16,18). The van der Waals surface area contributed by atoms with Crippen LogP contribution in [0.3, 0.4) is 0 Å². The molecule has 2 atom stereocenters. The van der Waals surface area contributed by atoms with E-state index in [-0.39, 0.29) is 11.8 Å². The van der Waals surface area contributed by atoms with Crippen molar-refractivity contribution >= 4 is 11.7 Å². The summed E-state index contributed by atoms with van der Waals surface area (Å²) in [5.41, 5.74) is 0. The molecule has 1 fully saturated rings. The Morgan fingerprint density at radius 2 is 2.58 bits per heavy atom. The summed E-state index contributed by atoms with van der Waals surface area (Å²) in [5.74, 6) is 0.826. The quantitative estimate of drug-likeness (QED) is 0.807. The zero-order chi connectivity index (χ0) is 13.7. The minimum Gasteiger partial charge on any atom is -0.384 e. The summed E-state index contributed by atoms with van der Waals surface area (Å²) in [7, 11) is 1.64. The molecule has 2 N–H and O–H groups in total. The molecule has 0 aliphatic carbocycles. The molecule has 1 aromatic rings. The Morgan fingerprint density at radius 1 is 1.74 bits per heavy atom. The van der Waals surface area contributed by atoms with E-state index in [1.807, 2.05) is 23.9 Å². The van der Waals surface area contributed by atoms with Gasteiger partial charge in [0, 0.05) is 38.9 Å². The van der Waals surface area contributed by atoms with E-state index in [2.05, 4.69) is 15.7 Å². The predicted molar refractivity (Wildman–Crippen MR) is 73.0 cm³/mol. The second kappa shape index (κ2) is 6.68. The zero-order valence-corrected chi connectivity index (χ0v) is 11.6. The number of carbonyl (C=O) groups excluding carboxylic acids is 1. The molecule has 19 heavy (non-hydrogen) atoms. The molecule has 1 aromatic heterocycles. The molecule has 1 saturated heterocycles. The lowest BCUT2D eigenvalue weighted by Crippen LogP contribution is -2.18. The smallest absolute Gasteiger partial charge is 0.225 e. The third kappa shape index (κ3) is 4.04. The summed E-state index contributed by atoms with van der Waals surface area (Å²) in [6.45, 7) is 4.56. The largest absolute Gasteiger partial charge is 0.384 e. The number of nitrogens with one attached hydrogen (secondary N) is 2. The highest BCUT2D eigenvalue weighted by molar-refractivity contribution is 5.89. The summed E-state index contributed by atoms with van der Waals surface area (Å²) in [6, 6.07) is 2.25. The molecule has 0 bridgehead atoms. The number of hydrogen-bond donors (Lipinski definition) is 2. The molecule has 0 spiro atoms. The van der Waals surface area contributed by atoms with Gasteiger partial charge < -0.3 is 15.4 Å². The maximum Gasteiger partial charge on any atom is 0.225 e. The third-order valence-corrected chi connectivity index (χ3v) is 3.27. The van der Waals surface area contributed by atoms with Crippen LogP contribution in [-0.4, -0.2) is 42.5 Å². The van der Waals surface area contributed by atoms with Crippen LogP contribution in [-0.2, 0) is 9.53 Å². The number of ether oxygens (including phenoxy) is 1. The monoisotopic (exact) mass is 266 g/mol. The molecule has 2 rings (SSSR count). The molecule has 6 heteroatoms. The van der Waals surface area contributed by atoms with Crippen LogP contribution in [0, 0.1) is 5.92 Å². The van der Waals surface area contributed by atoms with Gasteiger partial charge in [0.05, 0.1) is 6.04 Å². The number of methoxy groups -OCH3 is 1. The Kier molecular flexibility index (Phi) is 4.93. The van der Waals surface area contributed by atoms with Crippen molar-refractivity contribution in [3.8, 4) is 0 Å². The van der Waals surface area contributed by atoms with Gasteiger partial charge in [0.1, 0.15) is 0 Å². The lowest BCUT2D eigenvalue weighted by Gasteiger charge is -2.10. The van der Waals surface area contributed by atoms with Gasteiger partial charge in [-0.2, -0.15) is 5.10 Å².